The van der Waals surface area contributed by atoms with Crippen molar-refractivity contribution in [1.29, 1.82) is 0 Å². The molecule has 3 unspecified atom stereocenters. The zero-order chi connectivity index (χ0) is 11.6. The van der Waals surface area contributed by atoms with Crippen LogP contribution in [0.15, 0.2) is 0 Å². The molecule has 3 atom stereocenters. The molecule has 94 valence electrons. The fraction of sp³-hybridized carbons (Fsp3) is 1.00. The minimum atomic E-state index is -0.0594. The standard InChI is InChI=1S/C14H27NO/c1-3-14(2,10-16)15-13-6-4-5-12(9-13)11-7-8-11/h11-13,15-16H,3-10H2,1-2H3. The molecular formula is C14H27NO. The van der Waals surface area contributed by atoms with Gasteiger partial charge < -0.3 is 10.4 Å². The van der Waals surface area contributed by atoms with E-state index in [4.69, 9.17) is 0 Å². The van der Waals surface area contributed by atoms with Crippen LogP contribution in [-0.2, 0) is 0 Å². The first-order valence-corrected chi connectivity index (χ1v) is 7.05. The van der Waals surface area contributed by atoms with Gasteiger partial charge in [-0.25, -0.2) is 0 Å². The first kappa shape index (κ1) is 12.4. The fourth-order valence-electron chi connectivity index (χ4n) is 3.11. The summed E-state index contributed by atoms with van der Waals surface area (Å²) in [7, 11) is 0. The summed E-state index contributed by atoms with van der Waals surface area (Å²) in [6, 6.07) is 0.649. The number of hydrogen-bond donors (Lipinski definition) is 2. The summed E-state index contributed by atoms with van der Waals surface area (Å²) >= 11 is 0. The molecule has 2 saturated carbocycles. The molecule has 0 saturated heterocycles. The Morgan fingerprint density at radius 1 is 1.19 bits per heavy atom. The van der Waals surface area contributed by atoms with Crippen LogP contribution >= 0.6 is 0 Å². The van der Waals surface area contributed by atoms with E-state index in [0.717, 1.165) is 18.3 Å². The highest BCUT2D eigenvalue weighted by molar-refractivity contribution is 4.91. The summed E-state index contributed by atoms with van der Waals surface area (Å²) in [6.07, 6.45) is 9.44. The van der Waals surface area contributed by atoms with Gasteiger partial charge in [0.15, 0.2) is 0 Å². The molecule has 0 aromatic rings. The molecule has 0 bridgehead atoms. The van der Waals surface area contributed by atoms with Crippen LogP contribution in [0.2, 0.25) is 0 Å². The molecule has 0 spiro atoms. The summed E-state index contributed by atoms with van der Waals surface area (Å²) < 4.78 is 0. The van der Waals surface area contributed by atoms with E-state index < -0.39 is 0 Å². The number of rotatable bonds is 5. The van der Waals surface area contributed by atoms with Crippen molar-refractivity contribution < 1.29 is 5.11 Å². The second kappa shape index (κ2) is 5.05. The largest absolute Gasteiger partial charge is 0.394 e. The topological polar surface area (TPSA) is 32.3 Å². The van der Waals surface area contributed by atoms with Crippen LogP contribution in [0.1, 0.15) is 58.8 Å². The minimum Gasteiger partial charge on any atom is -0.394 e. The number of hydrogen-bond acceptors (Lipinski definition) is 2. The summed E-state index contributed by atoms with van der Waals surface area (Å²) in [6.45, 7) is 4.56. The summed E-state index contributed by atoms with van der Waals surface area (Å²) in [4.78, 5) is 0. The molecule has 0 amide bonds. The van der Waals surface area contributed by atoms with Crippen LogP contribution < -0.4 is 5.32 Å². The molecule has 2 fully saturated rings. The van der Waals surface area contributed by atoms with Crippen LogP contribution in [0.25, 0.3) is 0 Å². The lowest BCUT2D eigenvalue weighted by atomic mass is 9.81. The van der Waals surface area contributed by atoms with E-state index in [-0.39, 0.29) is 12.1 Å². The average molecular weight is 225 g/mol. The zero-order valence-electron chi connectivity index (χ0n) is 10.8. The van der Waals surface area contributed by atoms with Crippen molar-refractivity contribution in [2.24, 2.45) is 11.8 Å². The summed E-state index contributed by atoms with van der Waals surface area (Å²) in [5.74, 6) is 2.03. The molecule has 16 heavy (non-hydrogen) atoms. The highest BCUT2D eigenvalue weighted by Gasteiger charge is 2.36. The average Bonchev–Trinajstić information content (AvgIpc) is 3.13. The highest BCUT2D eigenvalue weighted by Crippen LogP contribution is 2.44. The Balaban J connectivity index is 1.84. The van der Waals surface area contributed by atoms with Gasteiger partial charge in [0.2, 0.25) is 0 Å². The first-order chi connectivity index (χ1) is 7.67. The maximum absolute atomic E-state index is 9.44. The van der Waals surface area contributed by atoms with Gasteiger partial charge in [0.1, 0.15) is 0 Å². The molecule has 2 aliphatic carbocycles. The molecule has 2 N–H and O–H groups in total. The predicted octanol–water partition coefficient (Wildman–Crippen LogP) is 2.71. The lowest BCUT2D eigenvalue weighted by Crippen LogP contribution is -2.51. The Morgan fingerprint density at radius 3 is 2.50 bits per heavy atom. The number of nitrogens with one attached hydrogen (secondary N) is 1. The third-order valence-electron chi connectivity index (χ3n) is 4.69. The maximum Gasteiger partial charge on any atom is 0.0610 e. The Bertz CT molecular complexity index is 221. The van der Waals surface area contributed by atoms with Crippen molar-refractivity contribution in [2.75, 3.05) is 6.61 Å². The number of aliphatic hydroxyl groups is 1. The summed E-state index contributed by atoms with van der Waals surface area (Å²) in [5.41, 5.74) is -0.0594. The Kier molecular flexibility index (Phi) is 3.91. The predicted molar refractivity (Wildman–Crippen MR) is 67.4 cm³/mol. The molecule has 2 heteroatoms. The first-order valence-electron chi connectivity index (χ1n) is 7.05. The monoisotopic (exact) mass is 225 g/mol. The summed E-state index contributed by atoms with van der Waals surface area (Å²) in [5, 5.41) is 13.1. The molecule has 2 nitrogen and oxygen atoms in total. The molecule has 0 aromatic carbocycles. The highest BCUT2D eigenvalue weighted by atomic mass is 16.3. The molecule has 2 rings (SSSR count). The van der Waals surface area contributed by atoms with Gasteiger partial charge in [-0.15, -0.1) is 0 Å². The van der Waals surface area contributed by atoms with E-state index in [2.05, 4.69) is 19.2 Å². The van der Waals surface area contributed by atoms with Crippen LogP contribution in [0.3, 0.4) is 0 Å². The van der Waals surface area contributed by atoms with Gasteiger partial charge in [-0.05, 0) is 50.9 Å². The molecule has 0 radical (unpaired) electrons. The van der Waals surface area contributed by atoms with Gasteiger partial charge in [-0.1, -0.05) is 19.8 Å². The normalized spacial score (nSPS) is 34.7. The van der Waals surface area contributed by atoms with Gasteiger partial charge >= 0.3 is 0 Å². The lowest BCUT2D eigenvalue weighted by Gasteiger charge is -2.37. The zero-order valence-corrected chi connectivity index (χ0v) is 10.8. The van der Waals surface area contributed by atoms with E-state index in [0.29, 0.717) is 6.04 Å². The molecule has 2 aliphatic rings. The van der Waals surface area contributed by atoms with Crippen LogP contribution in [0.4, 0.5) is 0 Å². The molecular weight excluding hydrogens is 198 g/mol. The smallest absolute Gasteiger partial charge is 0.0610 e. The van der Waals surface area contributed by atoms with Crippen molar-refractivity contribution >= 4 is 0 Å². The van der Waals surface area contributed by atoms with E-state index in [9.17, 15) is 5.11 Å². The van der Waals surface area contributed by atoms with Crippen molar-refractivity contribution in [3.05, 3.63) is 0 Å². The van der Waals surface area contributed by atoms with E-state index in [1.807, 2.05) is 0 Å². The Labute approximate surface area is 99.8 Å². The van der Waals surface area contributed by atoms with Crippen molar-refractivity contribution in [1.82, 2.24) is 5.32 Å². The van der Waals surface area contributed by atoms with Gasteiger partial charge in [-0.3, -0.25) is 0 Å². The number of aliphatic hydroxyl groups excluding tert-OH is 1. The van der Waals surface area contributed by atoms with E-state index in [1.165, 1.54) is 38.5 Å². The van der Waals surface area contributed by atoms with Crippen LogP contribution in [0, 0.1) is 11.8 Å². The molecule has 0 aliphatic heterocycles. The van der Waals surface area contributed by atoms with Crippen molar-refractivity contribution in [3.8, 4) is 0 Å². The minimum absolute atomic E-state index is 0.0594. The van der Waals surface area contributed by atoms with Gasteiger partial charge in [0.05, 0.1) is 6.61 Å². The van der Waals surface area contributed by atoms with Crippen LogP contribution in [-0.4, -0.2) is 23.3 Å². The van der Waals surface area contributed by atoms with E-state index >= 15 is 0 Å². The second-order valence-corrected chi connectivity index (χ2v) is 6.18. The van der Waals surface area contributed by atoms with Crippen molar-refractivity contribution in [2.45, 2.75) is 70.4 Å². The van der Waals surface area contributed by atoms with Gasteiger partial charge in [0.25, 0.3) is 0 Å². The van der Waals surface area contributed by atoms with Crippen molar-refractivity contribution in [3.63, 3.8) is 0 Å². The SMILES string of the molecule is CCC(C)(CO)NC1CCCC(C2CC2)C1. The molecule has 0 heterocycles. The maximum atomic E-state index is 9.44. The van der Waals surface area contributed by atoms with E-state index in [1.54, 1.807) is 0 Å². The Morgan fingerprint density at radius 2 is 1.94 bits per heavy atom. The fourth-order valence-corrected chi connectivity index (χ4v) is 3.11. The van der Waals surface area contributed by atoms with Gasteiger partial charge in [0, 0.05) is 11.6 Å². The third kappa shape index (κ3) is 2.98. The second-order valence-electron chi connectivity index (χ2n) is 6.18. The molecule has 0 aromatic heterocycles. The third-order valence-corrected chi connectivity index (χ3v) is 4.69. The Hall–Kier alpha value is -0.0800. The quantitative estimate of drug-likeness (QED) is 0.754. The van der Waals surface area contributed by atoms with Gasteiger partial charge in [-0.2, -0.15) is 0 Å². The lowest BCUT2D eigenvalue weighted by molar-refractivity contribution is 0.135. The van der Waals surface area contributed by atoms with Crippen LogP contribution in [0.5, 0.6) is 0 Å².